The van der Waals surface area contributed by atoms with E-state index in [2.05, 4.69) is 335 Å². The lowest BCUT2D eigenvalue weighted by Gasteiger charge is -2.31. The zero-order valence-corrected chi connectivity index (χ0v) is 46.0. The average molecular weight is 1050 g/mol. The van der Waals surface area contributed by atoms with Crippen molar-refractivity contribution in [3.63, 3.8) is 0 Å². The highest BCUT2D eigenvalue weighted by molar-refractivity contribution is 6.01. The Morgan fingerprint density at radius 3 is 0.805 bits per heavy atom. The first-order valence-corrected chi connectivity index (χ1v) is 28.8. The van der Waals surface area contributed by atoms with Crippen molar-refractivity contribution in [3.05, 3.63) is 392 Å². The van der Waals surface area contributed by atoms with Gasteiger partial charge in [-0.2, -0.15) is 0 Å². The molecule has 0 heteroatoms. The van der Waals surface area contributed by atoms with Crippen LogP contribution >= 0.6 is 0 Å². The van der Waals surface area contributed by atoms with Crippen LogP contribution in [0.5, 0.6) is 0 Å². The fourth-order valence-electron chi connectivity index (χ4n) is 13.1. The molecule has 0 aromatic heterocycles. The molecule has 1 spiro atoms. The van der Waals surface area contributed by atoms with Crippen LogP contribution in [0.15, 0.2) is 309 Å². The molecule has 3 aliphatic rings. The van der Waals surface area contributed by atoms with Gasteiger partial charge in [0.1, 0.15) is 0 Å². The molecule has 388 valence electrons. The third-order valence-electron chi connectivity index (χ3n) is 16.8. The molecule has 1 atom stereocenters. The average Bonchev–Trinajstić information content (AvgIpc) is 1.78. The van der Waals surface area contributed by atoms with Gasteiger partial charge in [0.15, 0.2) is 0 Å². The third-order valence-corrected chi connectivity index (χ3v) is 16.8. The standard InChI is InChI=1S/C82H60/c1-57-24-23-39-69(48-57)77(68-37-21-8-22-38-68)52-61-43-47-73-72-46-42-60(51-76(66-33-17-6-18-34-66)67-35-19-7-20-36-67)55-80(72)82(81(73)56-61)78-53-58(49-74(62-25-9-2-10-26-62)63-27-11-3-12-28-63)40-44-70(78)71-45-41-59(54-79(71)82)50-75(64-29-13-4-14-30-64)65-31-15-5-16-32-65/h2-47,49-57H,48H2,1H3/b77-52-. The highest BCUT2D eigenvalue weighted by Gasteiger charge is 2.52. The molecule has 0 amide bonds. The van der Waals surface area contributed by atoms with Crippen LogP contribution < -0.4 is 0 Å². The zero-order chi connectivity index (χ0) is 54.8. The van der Waals surface area contributed by atoms with Crippen molar-refractivity contribution in [2.24, 2.45) is 5.92 Å². The first kappa shape index (κ1) is 50.1. The van der Waals surface area contributed by atoms with Gasteiger partial charge in [0.2, 0.25) is 0 Å². The Bertz CT molecular complexity index is 3930. The fourth-order valence-corrected chi connectivity index (χ4v) is 13.1. The largest absolute Gasteiger partial charge is 0.0814 e. The second-order valence-corrected chi connectivity index (χ2v) is 22.0. The number of rotatable bonds is 12. The van der Waals surface area contributed by atoms with E-state index >= 15 is 0 Å². The van der Waals surface area contributed by atoms with E-state index in [9.17, 15) is 0 Å². The lowest BCUT2D eigenvalue weighted by Crippen LogP contribution is -2.26. The van der Waals surface area contributed by atoms with Gasteiger partial charge in [0, 0.05) is 0 Å². The summed E-state index contributed by atoms with van der Waals surface area (Å²) in [5, 5.41) is 0. The molecule has 11 aromatic rings. The summed E-state index contributed by atoms with van der Waals surface area (Å²) in [6.45, 7) is 2.32. The Morgan fingerprint density at radius 2 is 0.549 bits per heavy atom. The quantitative estimate of drug-likeness (QED) is 0.107. The van der Waals surface area contributed by atoms with Crippen molar-refractivity contribution in [3.8, 4) is 22.3 Å². The second kappa shape index (κ2) is 21.8. The maximum atomic E-state index is 2.54. The summed E-state index contributed by atoms with van der Waals surface area (Å²) in [6, 6.07) is 105. The summed E-state index contributed by atoms with van der Waals surface area (Å²) in [6.07, 6.45) is 17.5. The molecular formula is C82H60. The Kier molecular flexibility index (Phi) is 13.3. The van der Waals surface area contributed by atoms with Gasteiger partial charge in [-0.25, -0.2) is 0 Å². The van der Waals surface area contributed by atoms with Crippen molar-refractivity contribution in [1.29, 1.82) is 0 Å². The van der Waals surface area contributed by atoms with Crippen LogP contribution in [0.2, 0.25) is 0 Å². The minimum absolute atomic E-state index is 0.448. The van der Waals surface area contributed by atoms with Crippen molar-refractivity contribution in [2.75, 3.05) is 0 Å². The molecule has 0 radical (unpaired) electrons. The Balaban J connectivity index is 1.07. The molecule has 11 aromatic carbocycles. The van der Waals surface area contributed by atoms with Crippen LogP contribution in [0.1, 0.15) is 96.8 Å². The SMILES string of the molecule is CC1C=CC=C(/C(=C\c2ccc3c(c2)C2(c4cc(C=C(c5ccccc5)c5ccccc5)ccc4-c4ccc(C=C(c5ccccc5)c5ccccc5)cc42)c2cc(C=C(c4ccccc4)c4ccccc4)ccc2-3)c2ccccc2)C1. The number of fused-ring (bicyclic) bond motifs is 10. The van der Waals surface area contributed by atoms with Crippen molar-refractivity contribution < 1.29 is 0 Å². The number of benzene rings is 11. The Morgan fingerprint density at radius 1 is 0.305 bits per heavy atom. The van der Waals surface area contributed by atoms with Crippen molar-refractivity contribution >= 4 is 46.6 Å². The first-order chi connectivity index (χ1) is 40.5. The van der Waals surface area contributed by atoms with Crippen LogP contribution in [0.3, 0.4) is 0 Å². The van der Waals surface area contributed by atoms with Gasteiger partial charge in [-0.3, -0.25) is 0 Å². The smallest absolute Gasteiger partial charge is 0.0726 e. The minimum Gasteiger partial charge on any atom is -0.0814 e. The fraction of sp³-hybridized carbons (Fsp3) is 0.0488. The van der Waals surface area contributed by atoms with Crippen LogP contribution in [-0.2, 0) is 5.41 Å². The van der Waals surface area contributed by atoms with Crippen LogP contribution in [0.25, 0.3) is 68.9 Å². The lowest BCUT2D eigenvalue weighted by molar-refractivity contribution is 0.721. The van der Waals surface area contributed by atoms with Gasteiger partial charge in [0.05, 0.1) is 5.41 Å². The highest BCUT2D eigenvalue weighted by atomic mass is 14.5. The van der Waals surface area contributed by atoms with Gasteiger partial charge in [0.25, 0.3) is 0 Å². The maximum absolute atomic E-state index is 2.54. The van der Waals surface area contributed by atoms with E-state index in [-0.39, 0.29) is 0 Å². The molecule has 14 rings (SSSR count). The molecule has 0 N–H and O–H groups in total. The molecule has 0 heterocycles. The summed E-state index contributed by atoms with van der Waals surface area (Å²) < 4.78 is 0. The Labute approximate surface area is 483 Å². The van der Waals surface area contributed by atoms with Gasteiger partial charge < -0.3 is 0 Å². The van der Waals surface area contributed by atoms with E-state index in [1.807, 2.05) is 0 Å². The van der Waals surface area contributed by atoms with Crippen LogP contribution in [0.4, 0.5) is 0 Å². The normalized spacial score (nSPS) is 14.2. The van der Waals surface area contributed by atoms with E-state index < -0.39 is 5.41 Å². The topological polar surface area (TPSA) is 0 Å². The highest BCUT2D eigenvalue weighted by Crippen LogP contribution is 2.64. The molecule has 0 saturated heterocycles. The van der Waals surface area contributed by atoms with Gasteiger partial charge >= 0.3 is 0 Å². The molecule has 1 unspecified atom stereocenters. The third kappa shape index (κ3) is 9.39. The van der Waals surface area contributed by atoms with Gasteiger partial charge in [-0.15, -0.1) is 0 Å². The molecule has 0 saturated carbocycles. The van der Waals surface area contributed by atoms with E-state index in [0.29, 0.717) is 5.92 Å². The van der Waals surface area contributed by atoms with Crippen molar-refractivity contribution in [2.45, 2.75) is 18.8 Å². The number of allylic oxidation sites excluding steroid dienone is 5. The molecule has 3 aliphatic carbocycles. The number of hydrogen-bond acceptors (Lipinski definition) is 0. The van der Waals surface area contributed by atoms with Gasteiger partial charge in [-0.05, 0) is 194 Å². The number of hydrogen-bond donors (Lipinski definition) is 0. The summed E-state index contributed by atoms with van der Waals surface area (Å²) >= 11 is 0. The summed E-state index contributed by atoms with van der Waals surface area (Å²) in [5.74, 6) is 0.448. The predicted molar refractivity (Wildman–Crippen MR) is 348 cm³/mol. The van der Waals surface area contributed by atoms with Crippen molar-refractivity contribution in [1.82, 2.24) is 0 Å². The first-order valence-electron chi connectivity index (χ1n) is 28.8. The van der Waals surface area contributed by atoms with E-state index in [0.717, 1.165) is 23.1 Å². The molecule has 82 heavy (non-hydrogen) atoms. The van der Waals surface area contributed by atoms with E-state index in [1.165, 1.54) is 117 Å². The molecule has 0 nitrogen and oxygen atoms in total. The predicted octanol–water partition coefficient (Wildman–Crippen LogP) is 20.9. The molecule has 0 aliphatic heterocycles. The zero-order valence-electron chi connectivity index (χ0n) is 46.0. The minimum atomic E-state index is -0.718. The summed E-state index contributed by atoms with van der Waals surface area (Å²) in [5.41, 5.74) is 28.6. The van der Waals surface area contributed by atoms with Crippen LogP contribution in [0, 0.1) is 5.92 Å². The molecule has 0 bridgehead atoms. The second-order valence-electron chi connectivity index (χ2n) is 22.0. The maximum Gasteiger partial charge on any atom is 0.0726 e. The monoisotopic (exact) mass is 1040 g/mol. The summed E-state index contributed by atoms with van der Waals surface area (Å²) in [7, 11) is 0. The summed E-state index contributed by atoms with van der Waals surface area (Å²) in [4.78, 5) is 0. The molecule has 0 fully saturated rings. The van der Waals surface area contributed by atoms with E-state index in [4.69, 9.17) is 0 Å². The van der Waals surface area contributed by atoms with Gasteiger partial charge in [-0.1, -0.05) is 286 Å². The lowest BCUT2D eigenvalue weighted by atomic mass is 9.69. The van der Waals surface area contributed by atoms with E-state index in [1.54, 1.807) is 0 Å². The molecular weight excluding hydrogens is 985 g/mol. The van der Waals surface area contributed by atoms with Crippen LogP contribution in [-0.4, -0.2) is 0 Å². The Hall–Kier alpha value is -10.1.